The van der Waals surface area contributed by atoms with Crippen molar-refractivity contribution < 1.29 is 28.2 Å². The van der Waals surface area contributed by atoms with Gasteiger partial charge in [0.05, 0.1) is 7.11 Å². The molecule has 6 nitrogen and oxygen atoms in total. The van der Waals surface area contributed by atoms with Crippen LogP contribution in [0.4, 0.5) is 0 Å². The summed E-state index contributed by atoms with van der Waals surface area (Å²) < 4.78 is 20.5. The highest BCUT2D eigenvalue weighted by Crippen LogP contribution is 2.17. The van der Waals surface area contributed by atoms with Crippen molar-refractivity contribution in [3.63, 3.8) is 0 Å². The van der Waals surface area contributed by atoms with Gasteiger partial charge in [-0.05, 0) is 36.8 Å². The summed E-state index contributed by atoms with van der Waals surface area (Å²) >= 11 is 0. The molecule has 136 valence electrons. The molecule has 0 bridgehead atoms. The molecular formula is C20H20O6. The van der Waals surface area contributed by atoms with E-state index in [9.17, 15) is 9.59 Å². The van der Waals surface area contributed by atoms with Crippen molar-refractivity contribution >= 4 is 18.0 Å². The Morgan fingerprint density at radius 1 is 1.23 bits per heavy atom. The molecule has 0 amide bonds. The zero-order valence-electron chi connectivity index (χ0n) is 14.7. The Kier molecular flexibility index (Phi) is 6.79. The number of furan rings is 1. The Hall–Kier alpha value is -3.28. The smallest absolute Gasteiger partial charge is 0.341 e. The lowest BCUT2D eigenvalue weighted by Gasteiger charge is -2.02. The molecule has 1 heterocycles. The third-order valence-corrected chi connectivity index (χ3v) is 3.39. The Morgan fingerprint density at radius 3 is 2.62 bits per heavy atom. The van der Waals surface area contributed by atoms with Crippen LogP contribution in [0.25, 0.3) is 6.08 Å². The number of aryl methyl sites for hydroxylation is 1. The predicted octanol–water partition coefficient (Wildman–Crippen LogP) is 3.70. The van der Waals surface area contributed by atoms with E-state index < -0.39 is 11.9 Å². The fourth-order valence-corrected chi connectivity index (χ4v) is 2.11. The molecule has 0 saturated heterocycles. The highest BCUT2D eigenvalue weighted by atomic mass is 16.5. The minimum Gasteiger partial charge on any atom is -0.490 e. The summed E-state index contributed by atoms with van der Waals surface area (Å²) in [6.45, 7) is 5.58. The number of hydrogen-bond acceptors (Lipinski definition) is 6. The molecule has 1 aromatic carbocycles. The number of methoxy groups -OCH3 is 1. The lowest BCUT2D eigenvalue weighted by molar-refractivity contribution is -0.139. The molecule has 2 aromatic rings. The van der Waals surface area contributed by atoms with Gasteiger partial charge in [0, 0.05) is 6.08 Å². The summed E-state index contributed by atoms with van der Waals surface area (Å²) in [5, 5.41) is 0. The summed E-state index contributed by atoms with van der Waals surface area (Å²) in [4.78, 5) is 23.3. The lowest BCUT2D eigenvalue weighted by Crippen LogP contribution is -2.01. The SMILES string of the molecule is C=CCOc1ccc(/C=C/C(=O)OCc2cc(C(=O)OC)c(C)o2)cc1. The molecule has 1 aromatic heterocycles. The van der Waals surface area contributed by atoms with Crippen molar-refractivity contribution in [3.05, 3.63) is 71.7 Å². The number of rotatable bonds is 8. The highest BCUT2D eigenvalue weighted by Gasteiger charge is 2.15. The van der Waals surface area contributed by atoms with Gasteiger partial charge >= 0.3 is 11.9 Å². The Bertz CT molecular complexity index is 798. The standard InChI is InChI=1S/C20H20O6/c1-4-11-24-16-8-5-15(6-9-16)7-10-19(21)25-13-17-12-18(14(2)26-17)20(22)23-3/h4-10,12H,1,11,13H2,2-3H3/b10-7+. The normalized spacial score (nSPS) is 10.5. The first-order chi connectivity index (χ1) is 12.5. The molecular weight excluding hydrogens is 336 g/mol. The van der Waals surface area contributed by atoms with Crippen molar-refractivity contribution in [3.8, 4) is 5.75 Å². The van der Waals surface area contributed by atoms with E-state index in [4.69, 9.17) is 13.9 Å². The first-order valence-electron chi connectivity index (χ1n) is 7.89. The van der Waals surface area contributed by atoms with Crippen molar-refractivity contribution in [2.24, 2.45) is 0 Å². The number of carbonyl (C=O) groups excluding carboxylic acids is 2. The number of benzene rings is 1. The number of ether oxygens (including phenoxy) is 3. The van der Waals surface area contributed by atoms with E-state index in [1.807, 2.05) is 12.1 Å². The third kappa shape index (κ3) is 5.37. The summed E-state index contributed by atoms with van der Waals surface area (Å²) in [7, 11) is 1.29. The summed E-state index contributed by atoms with van der Waals surface area (Å²) in [6.07, 6.45) is 4.61. The van der Waals surface area contributed by atoms with E-state index in [0.29, 0.717) is 23.7 Å². The van der Waals surface area contributed by atoms with Gasteiger partial charge in [-0.2, -0.15) is 0 Å². The van der Waals surface area contributed by atoms with Crippen molar-refractivity contribution in [2.45, 2.75) is 13.5 Å². The van der Waals surface area contributed by atoms with Gasteiger partial charge in [0.15, 0.2) is 0 Å². The number of esters is 2. The molecule has 0 saturated carbocycles. The van der Waals surface area contributed by atoms with Crippen LogP contribution in [0, 0.1) is 6.92 Å². The number of carbonyl (C=O) groups is 2. The van der Waals surface area contributed by atoms with Crippen LogP contribution in [-0.4, -0.2) is 25.7 Å². The first kappa shape index (κ1) is 19.1. The van der Waals surface area contributed by atoms with Crippen molar-refractivity contribution in [1.29, 1.82) is 0 Å². The molecule has 6 heteroatoms. The van der Waals surface area contributed by atoms with Crippen LogP contribution in [0.3, 0.4) is 0 Å². The third-order valence-electron chi connectivity index (χ3n) is 3.39. The molecule has 26 heavy (non-hydrogen) atoms. The molecule has 2 rings (SSSR count). The van der Waals surface area contributed by atoms with Gasteiger partial charge in [-0.15, -0.1) is 0 Å². The molecule has 0 fully saturated rings. The largest absolute Gasteiger partial charge is 0.490 e. The fraction of sp³-hybridized carbons (Fsp3) is 0.200. The van der Waals surface area contributed by atoms with Gasteiger partial charge < -0.3 is 18.6 Å². The van der Waals surface area contributed by atoms with E-state index in [1.54, 1.807) is 31.2 Å². The van der Waals surface area contributed by atoms with Crippen LogP contribution in [0.2, 0.25) is 0 Å². The zero-order chi connectivity index (χ0) is 18.9. The molecule has 0 spiro atoms. The van der Waals surface area contributed by atoms with Gasteiger partial charge in [-0.25, -0.2) is 9.59 Å². The Morgan fingerprint density at radius 2 is 1.96 bits per heavy atom. The van der Waals surface area contributed by atoms with Gasteiger partial charge in [0.1, 0.15) is 36.0 Å². The molecule has 0 aliphatic heterocycles. The van der Waals surface area contributed by atoms with Crippen LogP contribution >= 0.6 is 0 Å². The minimum atomic E-state index is -0.523. The van der Waals surface area contributed by atoms with Gasteiger partial charge in [-0.3, -0.25) is 0 Å². The van der Waals surface area contributed by atoms with Crippen molar-refractivity contribution in [2.75, 3.05) is 13.7 Å². The molecule has 0 unspecified atom stereocenters. The van der Waals surface area contributed by atoms with E-state index in [0.717, 1.165) is 11.3 Å². The van der Waals surface area contributed by atoms with Crippen LogP contribution in [0.5, 0.6) is 5.75 Å². The second kappa shape index (κ2) is 9.27. The maximum absolute atomic E-state index is 11.8. The molecule has 0 radical (unpaired) electrons. The summed E-state index contributed by atoms with van der Waals surface area (Å²) in [5.74, 6) is 0.486. The highest BCUT2D eigenvalue weighted by molar-refractivity contribution is 5.90. The van der Waals surface area contributed by atoms with Crippen LogP contribution in [0.1, 0.15) is 27.4 Å². The van der Waals surface area contributed by atoms with Crippen molar-refractivity contribution in [1.82, 2.24) is 0 Å². The maximum Gasteiger partial charge on any atom is 0.341 e. The fourth-order valence-electron chi connectivity index (χ4n) is 2.11. The molecule has 0 N–H and O–H groups in total. The predicted molar refractivity (Wildman–Crippen MR) is 95.7 cm³/mol. The van der Waals surface area contributed by atoms with E-state index in [1.165, 1.54) is 19.3 Å². The summed E-state index contributed by atoms with van der Waals surface area (Å²) in [5.41, 5.74) is 1.14. The second-order valence-corrected chi connectivity index (χ2v) is 5.28. The topological polar surface area (TPSA) is 75.0 Å². The van der Waals surface area contributed by atoms with Crippen LogP contribution in [0.15, 0.2) is 53.5 Å². The molecule has 0 atom stereocenters. The monoisotopic (exact) mass is 356 g/mol. The van der Waals surface area contributed by atoms with Crippen LogP contribution in [-0.2, 0) is 20.9 Å². The van der Waals surface area contributed by atoms with E-state index >= 15 is 0 Å². The number of hydrogen-bond donors (Lipinski definition) is 0. The Balaban J connectivity index is 1.87. The maximum atomic E-state index is 11.8. The van der Waals surface area contributed by atoms with Gasteiger partial charge in [-0.1, -0.05) is 24.8 Å². The van der Waals surface area contributed by atoms with E-state index in [-0.39, 0.29) is 6.61 Å². The minimum absolute atomic E-state index is 0.0741. The molecule has 0 aliphatic carbocycles. The van der Waals surface area contributed by atoms with Gasteiger partial charge in [0.25, 0.3) is 0 Å². The van der Waals surface area contributed by atoms with E-state index in [2.05, 4.69) is 11.3 Å². The molecule has 0 aliphatic rings. The van der Waals surface area contributed by atoms with Gasteiger partial charge in [0.2, 0.25) is 0 Å². The quantitative estimate of drug-likeness (QED) is 0.408. The van der Waals surface area contributed by atoms with Crippen LogP contribution < -0.4 is 4.74 Å². The average Bonchev–Trinajstić information content (AvgIpc) is 3.04. The lowest BCUT2D eigenvalue weighted by atomic mass is 10.2. The Labute approximate surface area is 151 Å². The zero-order valence-corrected chi connectivity index (χ0v) is 14.7. The summed E-state index contributed by atoms with van der Waals surface area (Å²) in [6, 6.07) is 8.74. The first-order valence-corrected chi connectivity index (χ1v) is 7.89. The second-order valence-electron chi connectivity index (χ2n) is 5.28. The average molecular weight is 356 g/mol.